The SMILES string of the molecule is NC1CC(c2csc3ccccc23)Oc2cc(Br)ccc21. The summed E-state index contributed by atoms with van der Waals surface area (Å²) in [6.45, 7) is 0. The van der Waals surface area contributed by atoms with Crippen molar-refractivity contribution in [2.24, 2.45) is 5.73 Å². The van der Waals surface area contributed by atoms with Crippen LogP contribution in [0.25, 0.3) is 10.1 Å². The van der Waals surface area contributed by atoms with Gasteiger partial charge < -0.3 is 10.5 Å². The number of hydrogen-bond donors (Lipinski definition) is 1. The molecule has 0 amide bonds. The first-order valence-corrected chi connectivity index (χ1v) is 8.57. The lowest BCUT2D eigenvalue weighted by atomic mass is 9.93. The predicted molar refractivity (Wildman–Crippen MR) is 90.9 cm³/mol. The minimum absolute atomic E-state index is 0.0190. The van der Waals surface area contributed by atoms with Crippen LogP contribution in [-0.4, -0.2) is 0 Å². The maximum Gasteiger partial charge on any atom is 0.127 e. The zero-order valence-electron chi connectivity index (χ0n) is 11.3. The van der Waals surface area contributed by atoms with Crippen molar-refractivity contribution in [1.82, 2.24) is 0 Å². The van der Waals surface area contributed by atoms with Crippen LogP contribution in [0.3, 0.4) is 0 Å². The van der Waals surface area contributed by atoms with Crippen LogP contribution in [0.4, 0.5) is 0 Å². The van der Waals surface area contributed by atoms with Gasteiger partial charge in [0, 0.05) is 32.8 Å². The molecule has 0 aliphatic carbocycles. The summed E-state index contributed by atoms with van der Waals surface area (Å²) in [4.78, 5) is 0. The van der Waals surface area contributed by atoms with Crippen molar-refractivity contribution in [3.05, 3.63) is 63.4 Å². The molecule has 0 fully saturated rings. The van der Waals surface area contributed by atoms with E-state index in [1.807, 2.05) is 18.2 Å². The molecule has 2 N–H and O–H groups in total. The Hall–Kier alpha value is -1.36. The van der Waals surface area contributed by atoms with E-state index in [4.69, 9.17) is 10.5 Å². The van der Waals surface area contributed by atoms with E-state index in [1.54, 1.807) is 11.3 Å². The summed E-state index contributed by atoms with van der Waals surface area (Å²) in [5.41, 5.74) is 8.68. The predicted octanol–water partition coefficient (Wildman–Crippen LogP) is 5.19. The van der Waals surface area contributed by atoms with Crippen molar-refractivity contribution in [1.29, 1.82) is 0 Å². The Morgan fingerprint density at radius 3 is 2.90 bits per heavy atom. The lowest BCUT2D eigenvalue weighted by Gasteiger charge is -2.30. The molecule has 3 aromatic rings. The highest BCUT2D eigenvalue weighted by atomic mass is 79.9. The molecular formula is C17H14BrNOS. The van der Waals surface area contributed by atoms with Crippen LogP contribution in [0, 0.1) is 0 Å². The largest absolute Gasteiger partial charge is 0.485 e. The molecule has 1 aliphatic heterocycles. The molecule has 0 saturated carbocycles. The van der Waals surface area contributed by atoms with Crippen LogP contribution in [-0.2, 0) is 0 Å². The van der Waals surface area contributed by atoms with Gasteiger partial charge in [-0.1, -0.05) is 40.2 Å². The number of ether oxygens (including phenoxy) is 1. The highest BCUT2D eigenvalue weighted by Gasteiger charge is 2.28. The molecule has 4 rings (SSSR count). The van der Waals surface area contributed by atoms with Crippen molar-refractivity contribution < 1.29 is 4.74 Å². The Morgan fingerprint density at radius 2 is 2.00 bits per heavy atom. The van der Waals surface area contributed by atoms with Gasteiger partial charge in [0.05, 0.1) is 0 Å². The first kappa shape index (κ1) is 13.3. The van der Waals surface area contributed by atoms with Crippen LogP contribution in [0.1, 0.15) is 29.7 Å². The monoisotopic (exact) mass is 359 g/mol. The van der Waals surface area contributed by atoms with E-state index in [-0.39, 0.29) is 12.1 Å². The average molecular weight is 360 g/mol. The maximum absolute atomic E-state index is 6.35. The maximum atomic E-state index is 6.35. The van der Waals surface area contributed by atoms with Gasteiger partial charge in [0.1, 0.15) is 11.9 Å². The molecule has 0 radical (unpaired) electrons. The highest BCUT2D eigenvalue weighted by Crippen LogP contribution is 2.43. The van der Waals surface area contributed by atoms with Gasteiger partial charge in [0.25, 0.3) is 0 Å². The Bertz CT molecular complexity index is 813. The second-order valence-corrected chi connectivity index (χ2v) is 7.14. The topological polar surface area (TPSA) is 35.2 Å². The number of benzene rings is 2. The van der Waals surface area contributed by atoms with Crippen LogP contribution in [0.15, 0.2) is 52.3 Å². The van der Waals surface area contributed by atoms with E-state index in [2.05, 4.69) is 45.6 Å². The Kier molecular flexibility index (Phi) is 3.25. The molecule has 21 heavy (non-hydrogen) atoms. The van der Waals surface area contributed by atoms with Crippen LogP contribution >= 0.6 is 27.3 Å². The molecule has 1 aromatic heterocycles. The lowest BCUT2D eigenvalue weighted by molar-refractivity contribution is 0.163. The fourth-order valence-corrected chi connectivity index (χ4v) is 4.26. The van der Waals surface area contributed by atoms with Crippen LogP contribution < -0.4 is 10.5 Å². The molecular weight excluding hydrogens is 346 g/mol. The third-order valence-corrected chi connectivity index (χ3v) is 5.45. The molecule has 4 heteroatoms. The number of thiophene rings is 1. The second-order valence-electron chi connectivity index (χ2n) is 5.32. The minimum atomic E-state index is 0.0190. The van der Waals surface area contributed by atoms with E-state index in [9.17, 15) is 0 Å². The average Bonchev–Trinajstić information content (AvgIpc) is 2.90. The van der Waals surface area contributed by atoms with Crippen molar-refractivity contribution in [2.45, 2.75) is 18.6 Å². The van der Waals surface area contributed by atoms with Crippen molar-refractivity contribution in [3.8, 4) is 5.75 Å². The van der Waals surface area contributed by atoms with E-state index in [0.717, 1.165) is 22.2 Å². The molecule has 0 bridgehead atoms. The summed E-state index contributed by atoms with van der Waals surface area (Å²) in [6, 6.07) is 14.5. The quantitative estimate of drug-likeness (QED) is 0.648. The fourth-order valence-electron chi connectivity index (χ4n) is 2.91. The van der Waals surface area contributed by atoms with Crippen molar-refractivity contribution in [2.75, 3.05) is 0 Å². The molecule has 1 aliphatic rings. The third kappa shape index (κ3) is 2.27. The zero-order chi connectivity index (χ0) is 14.4. The van der Waals surface area contributed by atoms with Gasteiger partial charge in [-0.15, -0.1) is 11.3 Å². The third-order valence-electron chi connectivity index (χ3n) is 3.97. The van der Waals surface area contributed by atoms with Crippen molar-refractivity contribution >= 4 is 37.4 Å². The van der Waals surface area contributed by atoms with Gasteiger partial charge in [0.15, 0.2) is 0 Å². The number of rotatable bonds is 1. The molecule has 2 aromatic carbocycles. The zero-order valence-corrected chi connectivity index (χ0v) is 13.7. The van der Waals surface area contributed by atoms with Gasteiger partial charge in [-0.05, 0) is 29.0 Å². The Balaban J connectivity index is 1.78. The molecule has 0 spiro atoms. The van der Waals surface area contributed by atoms with Gasteiger partial charge in [-0.2, -0.15) is 0 Å². The van der Waals surface area contributed by atoms with Gasteiger partial charge >= 0.3 is 0 Å². The highest BCUT2D eigenvalue weighted by molar-refractivity contribution is 9.10. The minimum Gasteiger partial charge on any atom is -0.485 e. The lowest BCUT2D eigenvalue weighted by Crippen LogP contribution is -2.23. The molecule has 2 atom stereocenters. The molecule has 106 valence electrons. The summed E-state index contributed by atoms with van der Waals surface area (Å²) < 4.78 is 8.55. The number of fused-ring (bicyclic) bond motifs is 2. The number of nitrogens with two attached hydrogens (primary N) is 1. The Labute approximate surface area is 135 Å². The van der Waals surface area contributed by atoms with Gasteiger partial charge in [-0.3, -0.25) is 0 Å². The van der Waals surface area contributed by atoms with E-state index >= 15 is 0 Å². The summed E-state index contributed by atoms with van der Waals surface area (Å²) >= 11 is 5.26. The van der Waals surface area contributed by atoms with Gasteiger partial charge in [-0.25, -0.2) is 0 Å². The second kappa shape index (κ2) is 5.13. The van der Waals surface area contributed by atoms with E-state index < -0.39 is 0 Å². The summed E-state index contributed by atoms with van der Waals surface area (Å²) in [5, 5.41) is 3.48. The molecule has 2 unspecified atom stereocenters. The Morgan fingerprint density at radius 1 is 1.14 bits per heavy atom. The number of hydrogen-bond acceptors (Lipinski definition) is 3. The first-order valence-electron chi connectivity index (χ1n) is 6.90. The van der Waals surface area contributed by atoms with Gasteiger partial charge in [0.2, 0.25) is 0 Å². The first-order chi connectivity index (χ1) is 10.2. The van der Waals surface area contributed by atoms with Crippen LogP contribution in [0.5, 0.6) is 5.75 Å². The van der Waals surface area contributed by atoms with Crippen molar-refractivity contribution in [3.63, 3.8) is 0 Å². The summed E-state index contributed by atoms with van der Waals surface area (Å²) in [5.74, 6) is 0.892. The normalized spacial score (nSPS) is 21.0. The molecule has 2 heterocycles. The standard InChI is InChI=1S/C17H14BrNOS/c18-10-5-6-12-14(19)8-16(20-15(12)7-10)13-9-21-17-4-2-1-3-11(13)17/h1-7,9,14,16H,8,19H2. The number of halogens is 1. The van der Waals surface area contributed by atoms with E-state index in [0.29, 0.717) is 0 Å². The van der Waals surface area contributed by atoms with E-state index in [1.165, 1.54) is 15.6 Å². The summed E-state index contributed by atoms with van der Waals surface area (Å²) in [6.07, 6.45) is 0.841. The molecule has 0 saturated heterocycles. The molecule has 2 nitrogen and oxygen atoms in total. The fraction of sp³-hybridized carbons (Fsp3) is 0.176. The smallest absolute Gasteiger partial charge is 0.127 e. The van der Waals surface area contributed by atoms with Crippen LogP contribution in [0.2, 0.25) is 0 Å². The summed E-state index contributed by atoms with van der Waals surface area (Å²) in [7, 11) is 0.